The van der Waals surface area contributed by atoms with Crippen LogP contribution in [0.15, 0.2) is 4.34 Å². The van der Waals surface area contributed by atoms with Gasteiger partial charge in [-0.25, -0.2) is 4.98 Å². The molecule has 0 spiro atoms. The number of rotatable bonds is 6. The summed E-state index contributed by atoms with van der Waals surface area (Å²) in [6.07, 6.45) is 2.83. The van der Waals surface area contributed by atoms with E-state index in [0.717, 1.165) is 29.4 Å². The van der Waals surface area contributed by atoms with Crippen molar-refractivity contribution in [1.29, 1.82) is 0 Å². The van der Waals surface area contributed by atoms with E-state index in [4.69, 9.17) is 10.5 Å². The number of methoxy groups -OCH3 is 1. The first-order valence-electron chi connectivity index (χ1n) is 5.92. The fraction of sp³-hybridized carbons (Fsp3) is 0.727. The number of nitrogens with zero attached hydrogens (tertiary/aromatic N) is 2. The molecule has 1 aliphatic carbocycles. The number of ether oxygens (including phenoxy) is 1. The molecule has 0 aliphatic heterocycles. The van der Waals surface area contributed by atoms with Gasteiger partial charge in [0.2, 0.25) is 0 Å². The second-order valence-electron chi connectivity index (χ2n) is 4.42. The highest BCUT2D eigenvalue weighted by atomic mass is 32.2. The smallest absolute Gasteiger partial charge is 0.327 e. The second-order valence-corrected chi connectivity index (χ2v) is 6.40. The lowest BCUT2D eigenvalue weighted by molar-refractivity contribution is -0.146. The maximum Gasteiger partial charge on any atom is 0.327 e. The van der Waals surface area contributed by atoms with Gasteiger partial charge in [-0.15, -0.1) is 0 Å². The van der Waals surface area contributed by atoms with Crippen molar-refractivity contribution >= 4 is 29.3 Å². The molecular weight excluding hydrogens is 270 g/mol. The first-order valence-corrected chi connectivity index (χ1v) is 7.68. The van der Waals surface area contributed by atoms with Gasteiger partial charge in [0.05, 0.1) is 7.11 Å². The number of aromatic nitrogens is 2. The van der Waals surface area contributed by atoms with Gasteiger partial charge in [0.15, 0.2) is 4.34 Å². The van der Waals surface area contributed by atoms with Crippen molar-refractivity contribution in [3.63, 3.8) is 0 Å². The Bertz CT molecular complexity index is 434. The van der Waals surface area contributed by atoms with E-state index >= 15 is 0 Å². The molecule has 0 radical (unpaired) electrons. The summed E-state index contributed by atoms with van der Waals surface area (Å²) in [5, 5.41) is 0. The first-order chi connectivity index (χ1) is 8.60. The Morgan fingerprint density at radius 1 is 1.67 bits per heavy atom. The number of carbonyl (C=O) groups is 1. The van der Waals surface area contributed by atoms with Gasteiger partial charge >= 0.3 is 5.97 Å². The van der Waals surface area contributed by atoms with Crippen LogP contribution in [0.3, 0.4) is 0 Å². The van der Waals surface area contributed by atoms with Gasteiger partial charge in [-0.05, 0) is 30.3 Å². The van der Waals surface area contributed by atoms with Crippen LogP contribution in [0.4, 0.5) is 0 Å². The van der Waals surface area contributed by atoms with Gasteiger partial charge in [-0.3, -0.25) is 4.79 Å². The second kappa shape index (κ2) is 5.54. The van der Waals surface area contributed by atoms with Gasteiger partial charge in [0.25, 0.3) is 0 Å². The summed E-state index contributed by atoms with van der Waals surface area (Å²) in [5.41, 5.74) is 5.33. The number of aryl methyl sites for hydroxylation is 1. The van der Waals surface area contributed by atoms with E-state index in [9.17, 15) is 4.79 Å². The van der Waals surface area contributed by atoms with Crippen LogP contribution in [-0.2, 0) is 16.0 Å². The molecule has 1 saturated carbocycles. The molecule has 2 rings (SSSR count). The Morgan fingerprint density at radius 2 is 2.39 bits per heavy atom. The standard InChI is InChI=1S/C11H17N3O2S2/c1-3-8-13-10(18-14-8)17-6-11(12,7-4-5-7)9(15)16-2/h7H,3-6,12H2,1-2H3. The molecular formula is C11H17N3O2S2. The fourth-order valence-corrected chi connectivity index (χ4v) is 3.64. The minimum absolute atomic E-state index is 0.246. The van der Waals surface area contributed by atoms with Crippen molar-refractivity contribution in [3.05, 3.63) is 5.82 Å². The minimum atomic E-state index is -0.878. The van der Waals surface area contributed by atoms with E-state index in [1.807, 2.05) is 6.92 Å². The molecule has 18 heavy (non-hydrogen) atoms. The van der Waals surface area contributed by atoms with Gasteiger partial charge < -0.3 is 10.5 Å². The Morgan fingerprint density at radius 3 is 2.89 bits per heavy atom. The highest BCUT2D eigenvalue weighted by molar-refractivity contribution is 8.01. The topological polar surface area (TPSA) is 78.1 Å². The number of thioether (sulfide) groups is 1. The van der Waals surface area contributed by atoms with E-state index < -0.39 is 5.54 Å². The highest BCUT2D eigenvalue weighted by Crippen LogP contribution is 2.41. The Balaban J connectivity index is 1.99. The Hall–Kier alpha value is -0.660. The van der Waals surface area contributed by atoms with E-state index in [1.165, 1.54) is 30.4 Å². The lowest BCUT2D eigenvalue weighted by atomic mass is 9.97. The summed E-state index contributed by atoms with van der Waals surface area (Å²) in [4.78, 5) is 16.2. The summed E-state index contributed by atoms with van der Waals surface area (Å²) in [7, 11) is 1.39. The summed E-state index contributed by atoms with van der Waals surface area (Å²) in [5.74, 6) is 1.27. The zero-order valence-electron chi connectivity index (χ0n) is 10.5. The van der Waals surface area contributed by atoms with Crippen LogP contribution in [0.25, 0.3) is 0 Å². The third-order valence-corrected chi connectivity index (χ3v) is 5.16. The van der Waals surface area contributed by atoms with Crippen molar-refractivity contribution in [1.82, 2.24) is 9.36 Å². The summed E-state index contributed by atoms with van der Waals surface area (Å²) < 4.78 is 9.90. The van der Waals surface area contributed by atoms with Crippen LogP contribution < -0.4 is 5.73 Å². The molecule has 1 heterocycles. The molecule has 100 valence electrons. The summed E-state index contributed by atoms with van der Waals surface area (Å²) >= 11 is 2.86. The van der Waals surface area contributed by atoms with Gasteiger partial charge in [0.1, 0.15) is 11.4 Å². The molecule has 1 aromatic rings. The molecule has 1 fully saturated rings. The molecule has 0 bridgehead atoms. The van der Waals surface area contributed by atoms with Crippen LogP contribution >= 0.6 is 23.3 Å². The zero-order valence-corrected chi connectivity index (χ0v) is 12.1. The number of carbonyl (C=O) groups excluding carboxylic acids is 1. The van der Waals surface area contributed by atoms with Gasteiger partial charge in [0, 0.05) is 12.2 Å². The Kier molecular flexibility index (Phi) is 4.24. The predicted octanol–water partition coefficient (Wildman–Crippen LogP) is 1.47. The van der Waals surface area contributed by atoms with E-state index in [1.54, 1.807) is 0 Å². The lowest BCUT2D eigenvalue weighted by Crippen LogP contribution is -2.53. The number of hydrogen-bond donors (Lipinski definition) is 1. The molecule has 0 amide bonds. The predicted molar refractivity (Wildman–Crippen MR) is 71.7 cm³/mol. The third-order valence-electron chi connectivity index (χ3n) is 3.07. The molecule has 1 atom stereocenters. The van der Waals surface area contributed by atoms with Crippen LogP contribution in [0.2, 0.25) is 0 Å². The van der Waals surface area contributed by atoms with E-state index in [2.05, 4.69) is 9.36 Å². The largest absolute Gasteiger partial charge is 0.468 e. The molecule has 7 heteroatoms. The maximum atomic E-state index is 11.8. The molecule has 1 unspecified atom stereocenters. The van der Waals surface area contributed by atoms with Crippen LogP contribution in [-0.4, -0.2) is 33.7 Å². The zero-order chi connectivity index (χ0) is 13.2. The van der Waals surface area contributed by atoms with Crippen LogP contribution in [0, 0.1) is 5.92 Å². The third kappa shape index (κ3) is 2.84. The fourth-order valence-electron chi connectivity index (χ4n) is 1.75. The minimum Gasteiger partial charge on any atom is -0.468 e. The van der Waals surface area contributed by atoms with Crippen LogP contribution in [0.5, 0.6) is 0 Å². The lowest BCUT2D eigenvalue weighted by Gasteiger charge is -2.25. The molecule has 1 aliphatic rings. The molecule has 5 nitrogen and oxygen atoms in total. The SMILES string of the molecule is CCc1nsc(SCC(N)(C(=O)OC)C2CC2)n1. The Labute approximate surface area is 115 Å². The van der Waals surface area contributed by atoms with Crippen molar-refractivity contribution in [2.45, 2.75) is 36.1 Å². The average Bonchev–Trinajstić information content (AvgIpc) is 3.15. The number of esters is 1. The van der Waals surface area contributed by atoms with Crippen LogP contribution in [0.1, 0.15) is 25.6 Å². The normalized spacial score (nSPS) is 18.4. The number of hydrogen-bond acceptors (Lipinski definition) is 7. The van der Waals surface area contributed by atoms with Crippen molar-refractivity contribution < 1.29 is 9.53 Å². The average molecular weight is 287 g/mol. The van der Waals surface area contributed by atoms with E-state index in [-0.39, 0.29) is 11.9 Å². The quantitative estimate of drug-likeness (QED) is 0.630. The van der Waals surface area contributed by atoms with Gasteiger partial charge in [-0.1, -0.05) is 18.7 Å². The summed E-state index contributed by atoms with van der Waals surface area (Å²) in [6, 6.07) is 0. The summed E-state index contributed by atoms with van der Waals surface area (Å²) in [6.45, 7) is 2.02. The maximum absolute atomic E-state index is 11.8. The van der Waals surface area contributed by atoms with Crippen molar-refractivity contribution in [2.24, 2.45) is 11.7 Å². The van der Waals surface area contributed by atoms with E-state index in [0.29, 0.717) is 5.75 Å². The monoisotopic (exact) mass is 287 g/mol. The van der Waals surface area contributed by atoms with Crippen molar-refractivity contribution in [3.8, 4) is 0 Å². The molecule has 0 aromatic carbocycles. The molecule has 1 aromatic heterocycles. The van der Waals surface area contributed by atoms with Gasteiger partial charge in [-0.2, -0.15) is 4.37 Å². The van der Waals surface area contributed by atoms with Crippen molar-refractivity contribution in [2.75, 3.05) is 12.9 Å². The highest BCUT2D eigenvalue weighted by Gasteiger charge is 2.49. The molecule has 0 saturated heterocycles. The number of nitrogens with two attached hydrogens (primary N) is 1. The first kappa shape index (κ1) is 13.8. The molecule has 2 N–H and O–H groups in total.